The van der Waals surface area contributed by atoms with Crippen molar-refractivity contribution in [2.24, 2.45) is 0 Å². The minimum atomic E-state index is 0.0367. The second-order valence-electron chi connectivity index (χ2n) is 4.84. The highest BCUT2D eigenvalue weighted by molar-refractivity contribution is 5.99. The molecule has 2 aromatic rings. The first-order chi connectivity index (χ1) is 9.78. The summed E-state index contributed by atoms with van der Waals surface area (Å²) in [5, 5.41) is 1.93. The standard InChI is InChI=1S/C16H15NO3/c18-11-12-1-2-14-10-15(4-3-13(14)9-12)16(19)17-5-7-20-8-6-17/h1-4,9-11H,5-8H2. The fourth-order valence-corrected chi connectivity index (χ4v) is 2.42. The van der Waals surface area contributed by atoms with Crippen molar-refractivity contribution in [3.05, 3.63) is 47.5 Å². The molecule has 0 unspecified atom stereocenters. The maximum Gasteiger partial charge on any atom is 0.254 e. The van der Waals surface area contributed by atoms with Crippen LogP contribution in [0.25, 0.3) is 10.8 Å². The van der Waals surface area contributed by atoms with Gasteiger partial charge in [0.05, 0.1) is 13.2 Å². The minimum Gasteiger partial charge on any atom is -0.378 e. The van der Waals surface area contributed by atoms with Crippen molar-refractivity contribution in [2.45, 2.75) is 0 Å². The molecule has 20 heavy (non-hydrogen) atoms. The number of aldehydes is 1. The number of carbonyl (C=O) groups is 2. The van der Waals surface area contributed by atoms with Gasteiger partial charge in [0.15, 0.2) is 0 Å². The van der Waals surface area contributed by atoms with Crippen molar-refractivity contribution in [2.75, 3.05) is 26.3 Å². The molecule has 0 radical (unpaired) electrons. The molecule has 1 heterocycles. The van der Waals surface area contributed by atoms with Gasteiger partial charge in [0.1, 0.15) is 6.29 Å². The molecule has 0 atom stereocenters. The fourth-order valence-electron chi connectivity index (χ4n) is 2.42. The molecule has 4 nitrogen and oxygen atoms in total. The molecule has 3 rings (SSSR count). The Hall–Kier alpha value is -2.20. The highest BCUT2D eigenvalue weighted by Crippen LogP contribution is 2.19. The molecule has 102 valence electrons. The molecule has 1 aliphatic heterocycles. The normalized spacial score (nSPS) is 15.3. The summed E-state index contributed by atoms with van der Waals surface area (Å²) in [7, 11) is 0. The third-order valence-corrected chi connectivity index (χ3v) is 3.55. The van der Waals surface area contributed by atoms with E-state index in [0.29, 0.717) is 37.4 Å². The third kappa shape index (κ3) is 2.42. The number of carbonyl (C=O) groups excluding carboxylic acids is 2. The van der Waals surface area contributed by atoms with E-state index in [-0.39, 0.29) is 5.91 Å². The number of morpholine rings is 1. The number of amides is 1. The van der Waals surface area contributed by atoms with Gasteiger partial charge < -0.3 is 9.64 Å². The number of rotatable bonds is 2. The van der Waals surface area contributed by atoms with Crippen LogP contribution in [0.1, 0.15) is 20.7 Å². The Morgan fingerprint density at radius 3 is 2.50 bits per heavy atom. The molecular formula is C16H15NO3. The fraction of sp³-hybridized carbons (Fsp3) is 0.250. The lowest BCUT2D eigenvalue weighted by atomic mass is 10.0. The highest BCUT2D eigenvalue weighted by Gasteiger charge is 2.18. The van der Waals surface area contributed by atoms with Gasteiger partial charge in [0.2, 0.25) is 0 Å². The zero-order valence-corrected chi connectivity index (χ0v) is 11.0. The lowest BCUT2D eigenvalue weighted by molar-refractivity contribution is 0.0303. The van der Waals surface area contributed by atoms with E-state index >= 15 is 0 Å². The van der Waals surface area contributed by atoms with Crippen LogP contribution in [0.2, 0.25) is 0 Å². The first kappa shape index (κ1) is 12.8. The predicted octanol–water partition coefficient (Wildman–Crippen LogP) is 2.12. The van der Waals surface area contributed by atoms with Crippen LogP contribution in [0.3, 0.4) is 0 Å². The monoisotopic (exact) mass is 269 g/mol. The highest BCUT2D eigenvalue weighted by atomic mass is 16.5. The number of hydrogen-bond donors (Lipinski definition) is 0. The molecule has 0 saturated carbocycles. The van der Waals surface area contributed by atoms with Crippen LogP contribution in [0.15, 0.2) is 36.4 Å². The molecule has 0 spiro atoms. The average Bonchev–Trinajstić information content (AvgIpc) is 2.54. The van der Waals surface area contributed by atoms with Gasteiger partial charge in [0, 0.05) is 24.2 Å². The van der Waals surface area contributed by atoms with E-state index in [2.05, 4.69) is 0 Å². The molecule has 1 fully saturated rings. The smallest absolute Gasteiger partial charge is 0.254 e. The number of nitrogens with zero attached hydrogens (tertiary/aromatic N) is 1. The van der Waals surface area contributed by atoms with Gasteiger partial charge in [-0.2, -0.15) is 0 Å². The topological polar surface area (TPSA) is 46.6 Å². The molecule has 0 aliphatic carbocycles. The first-order valence-corrected chi connectivity index (χ1v) is 6.64. The van der Waals surface area contributed by atoms with Gasteiger partial charge in [-0.15, -0.1) is 0 Å². The summed E-state index contributed by atoms with van der Waals surface area (Å²) < 4.78 is 5.25. The summed E-state index contributed by atoms with van der Waals surface area (Å²) in [6.07, 6.45) is 0.826. The van der Waals surface area contributed by atoms with Crippen molar-refractivity contribution < 1.29 is 14.3 Å². The van der Waals surface area contributed by atoms with Crippen LogP contribution in [-0.4, -0.2) is 43.4 Å². The Kier molecular flexibility index (Phi) is 3.48. The van der Waals surface area contributed by atoms with Gasteiger partial charge in [-0.05, 0) is 29.0 Å². The molecule has 0 aromatic heterocycles. The van der Waals surface area contributed by atoms with Crippen LogP contribution in [0, 0.1) is 0 Å². The number of hydrogen-bond acceptors (Lipinski definition) is 3. The summed E-state index contributed by atoms with van der Waals surface area (Å²) >= 11 is 0. The molecule has 0 N–H and O–H groups in total. The molecule has 1 saturated heterocycles. The molecule has 2 aromatic carbocycles. The van der Waals surface area contributed by atoms with Gasteiger partial charge in [-0.3, -0.25) is 9.59 Å². The molecular weight excluding hydrogens is 254 g/mol. The number of fused-ring (bicyclic) bond motifs is 1. The van der Waals surface area contributed by atoms with E-state index in [0.717, 1.165) is 17.1 Å². The Morgan fingerprint density at radius 2 is 1.75 bits per heavy atom. The van der Waals surface area contributed by atoms with E-state index < -0.39 is 0 Å². The van der Waals surface area contributed by atoms with Crippen molar-refractivity contribution in [1.29, 1.82) is 0 Å². The lowest BCUT2D eigenvalue weighted by Gasteiger charge is -2.26. The average molecular weight is 269 g/mol. The van der Waals surface area contributed by atoms with Crippen molar-refractivity contribution in [3.8, 4) is 0 Å². The number of ether oxygens (including phenoxy) is 1. The van der Waals surface area contributed by atoms with E-state index in [1.54, 1.807) is 6.07 Å². The van der Waals surface area contributed by atoms with Gasteiger partial charge in [-0.25, -0.2) is 0 Å². The molecule has 4 heteroatoms. The van der Waals surface area contributed by atoms with E-state index in [9.17, 15) is 9.59 Å². The predicted molar refractivity (Wildman–Crippen MR) is 76.1 cm³/mol. The molecule has 1 aliphatic rings. The quantitative estimate of drug-likeness (QED) is 0.785. The Bertz CT molecular complexity index is 660. The van der Waals surface area contributed by atoms with Crippen molar-refractivity contribution >= 4 is 23.0 Å². The minimum absolute atomic E-state index is 0.0367. The maximum atomic E-state index is 12.4. The van der Waals surface area contributed by atoms with Gasteiger partial charge in [0.25, 0.3) is 5.91 Å². The molecule has 0 bridgehead atoms. The lowest BCUT2D eigenvalue weighted by Crippen LogP contribution is -2.40. The summed E-state index contributed by atoms with van der Waals surface area (Å²) in [6, 6.07) is 11.0. The van der Waals surface area contributed by atoms with E-state index in [1.165, 1.54) is 0 Å². The maximum absolute atomic E-state index is 12.4. The zero-order chi connectivity index (χ0) is 13.9. The Morgan fingerprint density at radius 1 is 1.05 bits per heavy atom. The second-order valence-corrected chi connectivity index (χ2v) is 4.84. The summed E-state index contributed by atoms with van der Waals surface area (Å²) in [5.74, 6) is 0.0367. The zero-order valence-electron chi connectivity index (χ0n) is 11.0. The molecule has 1 amide bonds. The summed E-state index contributed by atoms with van der Waals surface area (Å²) in [4.78, 5) is 24.9. The summed E-state index contributed by atoms with van der Waals surface area (Å²) in [6.45, 7) is 2.48. The Labute approximate surface area is 116 Å². The van der Waals surface area contributed by atoms with Crippen LogP contribution in [0.5, 0.6) is 0 Å². The third-order valence-electron chi connectivity index (χ3n) is 3.55. The van der Waals surface area contributed by atoms with E-state index in [4.69, 9.17) is 4.74 Å². The SMILES string of the molecule is O=Cc1ccc2cc(C(=O)N3CCOCC3)ccc2c1. The summed E-state index contributed by atoms with van der Waals surface area (Å²) in [5.41, 5.74) is 1.32. The largest absolute Gasteiger partial charge is 0.378 e. The van der Waals surface area contributed by atoms with Crippen LogP contribution >= 0.6 is 0 Å². The first-order valence-electron chi connectivity index (χ1n) is 6.64. The van der Waals surface area contributed by atoms with Crippen LogP contribution in [0.4, 0.5) is 0 Å². The van der Waals surface area contributed by atoms with Gasteiger partial charge in [-0.1, -0.05) is 18.2 Å². The van der Waals surface area contributed by atoms with Crippen LogP contribution < -0.4 is 0 Å². The van der Waals surface area contributed by atoms with Crippen LogP contribution in [-0.2, 0) is 4.74 Å². The van der Waals surface area contributed by atoms with Crippen molar-refractivity contribution in [3.63, 3.8) is 0 Å². The number of benzene rings is 2. The van der Waals surface area contributed by atoms with Gasteiger partial charge >= 0.3 is 0 Å². The second kappa shape index (κ2) is 5.43. The van der Waals surface area contributed by atoms with E-state index in [1.807, 2.05) is 35.2 Å². The van der Waals surface area contributed by atoms with Crippen molar-refractivity contribution in [1.82, 2.24) is 4.90 Å². The Balaban J connectivity index is 1.92.